The van der Waals surface area contributed by atoms with Crippen LogP contribution in [0.25, 0.3) is 0 Å². The normalized spacial score (nSPS) is 15.5. The fraction of sp³-hybridized carbons (Fsp3) is 0.522. The van der Waals surface area contributed by atoms with Gasteiger partial charge in [0.2, 0.25) is 5.95 Å². The minimum atomic E-state index is -0.294. The molecule has 3 rings (SSSR count). The number of halogens is 2. The molecule has 1 fully saturated rings. The van der Waals surface area contributed by atoms with Gasteiger partial charge in [0.15, 0.2) is 5.96 Å². The lowest BCUT2D eigenvalue weighted by Gasteiger charge is -2.34. The number of aromatic nitrogens is 2. The lowest BCUT2D eigenvalue weighted by atomic mass is 10.2. The van der Waals surface area contributed by atoms with E-state index in [1.165, 1.54) is 12.1 Å². The number of nitrogens with one attached hydrogen (secondary N) is 2. The summed E-state index contributed by atoms with van der Waals surface area (Å²) in [6.07, 6.45) is 5.34. The van der Waals surface area contributed by atoms with Crippen molar-refractivity contribution in [2.45, 2.75) is 25.9 Å². The van der Waals surface area contributed by atoms with Gasteiger partial charge in [-0.3, -0.25) is 9.89 Å². The van der Waals surface area contributed by atoms with E-state index in [9.17, 15) is 4.39 Å². The fourth-order valence-corrected chi connectivity index (χ4v) is 3.57. The maximum atomic E-state index is 13.4. The summed E-state index contributed by atoms with van der Waals surface area (Å²) in [5.41, 5.74) is 0. The van der Waals surface area contributed by atoms with E-state index in [4.69, 9.17) is 4.74 Å². The second-order valence-electron chi connectivity index (χ2n) is 7.72. The van der Waals surface area contributed by atoms with E-state index >= 15 is 0 Å². The molecule has 0 amide bonds. The van der Waals surface area contributed by atoms with Crippen LogP contribution in [0.4, 0.5) is 10.3 Å². The van der Waals surface area contributed by atoms with Crippen LogP contribution in [-0.2, 0) is 0 Å². The number of guanidine groups is 1. The fourth-order valence-electron chi connectivity index (χ4n) is 3.57. The van der Waals surface area contributed by atoms with E-state index in [-0.39, 0.29) is 35.9 Å². The molecule has 0 aliphatic carbocycles. The van der Waals surface area contributed by atoms with E-state index < -0.39 is 0 Å². The predicted molar refractivity (Wildman–Crippen MR) is 141 cm³/mol. The summed E-state index contributed by atoms with van der Waals surface area (Å²) >= 11 is 0. The lowest BCUT2D eigenvalue weighted by molar-refractivity contribution is 0.198. The highest BCUT2D eigenvalue weighted by Crippen LogP contribution is 2.14. The van der Waals surface area contributed by atoms with Gasteiger partial charge in [-0.2, -0.15) is 0 Å². The van der Waals surface area contributed by atoms with Gasteiger partial charge in [0, 0.05) is 58.2 Å². The average Bonchev–Trinajstić information content (AvgIpc) is 2.83. The summed E-state index contributed by atoms with van der Waals surface area (Å²) in [6.45, 7) is 8.44. The Bertz CT molecular complexity index is 835. The van der Waals surface area contributed by atoms with Crippen LogP contribution in [0.5, 0.6) is 5.75 Å². The summed E-state index contributed by atoms with van der Waals surface area (Å²) in [4.78, 5) is 17.7. The Morgan fingerprint density at radius 1 is 1.15 bits per heavy atom. The molecule has 1 aliphatic rings. The number of piperazine rings is 1. The van der Waals surface area contributed by atoms with Crippen LogP contribution in [0.3, 0.4) is 0 Å². The first kappa shape index (κ1) is 27.0. The minimum absolute atomic E-state index is 0. The first-order valence-corrected chi connectivity index (χ1v) is 11.3. The van der Waals surface area contributed by atoms with Crippen LogP contribution in [0.1, 0.15) is 19.8 Å². The highest BCUT2D eigenvalue weighted by molar-refractivity contribution is 14.0. The Morgan fingerprint density at radius 2 is 1.91 bits per heavy atom. The second-order valence-corrected chi connectivity index (χ2v) is 7.72. The van der Waals surface area contributed by atoms with Gasteiger partial charge in [0.1, 0.15) is 17.7 Å². The Kier molecular flexibility index (Phi) is 12.2. The molecule has 0 radical (unpaired) electrons. The third-order valence-electron chi connectivity index (χ3n) is 5.43. The van der Waals surface area contributed by atoms with Crippen molar-refractivity contribution in [2.24, 2.45) is 4.99 Å². The molecule has 8 nitrogen and oxygen atoms in total. The van der Waals surface area contributed by atoms with Crippen molar-refractivity contribution in [2.75, 3.05) is 57.8 Å². The zero-order chi connectivity index (χ0) is 22.6. The molecule has 1 aromatic carbocycles. The number of rotatable bonds is 10. The SMILES string of the molecule is CCC(CNC(=NC)NCCCN1CCN(c2ncccn2)CC1)Oc1cccc(F)c1.I. The number of benzene rings is 1. The first-order valence-electron chi connectivity index (χ1n) is 11.3. The third-order valence-corrected chi connectivity index (χ3v) is 5.43. The predicted octanol–water partition coefficient (Wildman–Crippen LogP) is 2.77. The van der Waals surface area contributed by atoms with Crippen molar-refractivity contribution < 1.29 is 9.13 Å². The summed E-state index contributed by atoms with van der Waals surface area (Å²) in [7, 11) is 1.76. The van der Waals surface area contributed by atoms with E-state index in [0.717, 1.165) is 64.0 Å². The molecule has 0 spiro atoms. The van der Waals surface area contributed by atoms with Crippen molar-refractivity contribution in [3.05, 3.63) is 48.5 Å². The highest BCUT2D eigenvalue weighted by Gasteiger charge is 2.18. The van der Waals surface area contributed by atoms with Gasteiger partial charge in [-0.05, 0) is 37.6 Å². The average molecular weight is 571 g/mol. The Morgan fingerprint density at radius 3 is 2.58 bits per heavy atom. The number of anilines is 1. The summed E-state index contributed by atoms with van der Waals surface area (Å²) in [6, 6.07) is 8.08. The number of ether oxygens (including phenoxy) is 1. The Labute approximate surface area is 213 Å². The number of nitrogens with zero attached hydrogens (tertiary/aromatic N) is 5. The topological polar surface area (TPSA) is 77.9 Å². The minimum Gasteiger partial charge on any atom is -0.489 e. The van der Waals surface area contributed by atoms with Crippen LogP contribution in [0.15, 0.2) is 47.7 Å². The summed E-state index contributed by atoms with van der Waals surface area (Å²) < 4.78 is 19.2. The van der Waals surface area contributed by atoms with Gasteiger partial charge in [-0.25, -0.2) is 14.4 Å². The van der Waals surface area contributed by atoms with E-state index in [2.05, 4.69) is 35.4 Å². The molecule has 1 unspecified atom stereocenters. The largest absolute Gasteiger partial charge is 0.489 e. The number of hydrogen-bond donors (Lipinski definition) is 2. The van der Waals surface area contributed by atoms with Crippen molar-refractivity contribution in [1.29, 1.82) is 0 Å². The van der Waals surface area contributed by atoms with Gasteiger partial charge >= 0.3 is 0 Å². The van der Waals surface area contributed by atoms with E-state index in [0.29, 0.717) is 12.3 Å². The van der Waals surface area contributed by atoms with Crippen LogP contribution >= 0.6 is 24.0 Å². The monoisotopic (exact) mass is 571 g/mol. The van der Waals surface area contributed by atoms with Crippen molar-refractivity contribution in [1.82, 2.24) is 25.5 Å². The zero-order valence-corrected chi connectivity index (χ0v) is 21.7. The number of hydrogen-bond acceptors (Lipinski definition) is 6. The molecule has 0 bridgehead atoms. The zero-order valence-electron chi connectivity index (χ0n) is 19.4. The molecule has 2 aromatic rings. The van der Waals surface area contributed by atoms with Crippen LogP contribution in [0.2, 0.25) is 0 Å². The smallest absolute Gasteiger partial charge is 0.225 e. The maximum absolute atomic E-state index is 13.4. The van der Waals surface area contributed by atoms with Crippen LogP contribution in [0, 0.1) is 5.82 Å². The Hall–Kier alpha value is -2.21. The Balaban J connectivity index is 0.00000385. The molecule has 1 aromatic heterocycles. The van der Waals surface area contributed by atoms with Gasteiger partial charge in [-0.1, -0.05) is 13.0 Å². The molecule has 1 atom stereocenters. The lowest BCUT2D eigenvalue weighted by Crippen LogP contribution is -2.48. The molecule has 1 saturated heterocycles. The molecule has 10 heteroatoms. The quantitative estimate of drug-likeness (QED) is 0.197. The maximum Gasteiger partial charge on any atom is 0.225 e. The van der Waals surface area contributed by atoms with Crippen molar-refractivity contribution in [3.63, 3.8) is 0 Å². The van der Waals surface area contributed by atoms with Gasteiger partial charge in [0.25, 0.3) is 0 Å². The summed E-state index contributed by atoms with van der Waals surface area (Å²) in [5.74, 6) is 1.81. The molecular formula is C23H35FIN7O. The van der Waals surface area contributed by atoms with Gasteiger partial charge in [0.05, 0.1) is 6.54 Å². The highest BCUT2D eigenvalue weighted by atomic mass is 127. The van der Waals surface area contributed by atoms with Crippen molar-refractivity contribution in [3.8, 4) is 5.75 Å². The van der Waals surface area contributed by atoms with Crippen LogP contribution in [-0.4, -0.2) is 79.8 Å². The second kappa shape index (κ2) is 14.8. The molecule has 33 heavy (non-hydrogen) atoms. The van der Waals surface area contributed by atoms with Gasteiger partial charge in [-0.15, -0.1) is 24.0 Å². The molecule has 182 valence electrons. The molecule has 2 N–H and O–H groups in total. The first-order chi connectivity index (χ1) is 15.7. The molecular weight excluding hydrogens is 536 g/mol. The van der Waals surface area contributed by atoms with E-state index in [1.54, 1.807) is 31.6 Å². The standard InChI is InChI=1S/C23H34FN7O.HI/c1-3-20(32-21-8-4-7-19(24)17-21)18-29-22(25-2)26-11-6-12-30-13-15-31(16-14-30)23-27-9-5-10-28-23;/h4-5,7-10,17,20H,3,6,11-16,18H2,1-2H3,(H2,25,26,29);1H. The van der Waals surface area contributed by atoms with E-state index in [1.807, 2.05) is 13.0 Å². The van der Waals surface area contributed by atoms with Crippen molar-refractivity contribution >= 4 is 35.9 Å². The van der Waals surface area contributed by atoms with Gasteiger partial charge < -0.3 is 20.3 Å². The number of aliphatic imine (C=N–C) groups is 1. The molecule has 2 heterocycles. The van der Waals surface area contributed by atoms with Crippen LogP contribution < -0.4 is 20.3 Å². The molecule has 0 saturated carbocycles. The summed E-state index contributed by atoms with van der Waals surface area (Å²) in [5, 5.41) is 6.67. The third kappa shape index (κ3) is 9.28. The molecule has 1 aliphatic heterocycles.